The Kier molecular flexibility index (Phi) is 6.16. The number of nitrogens with zero attached hydrogens (tertiary/aromatic N) is 2. The normalized spacial score (nSPS) is 14.2. The number of rotatable bonds is 4. The highest BCUT2D eigenvalue weighted by Crippen LogP contribution is 2.18. The summed E-state index contributed by atoms with van der Waals surface area (Å²) in [5.41, 5.74) is 5.15. The van der Waals surface area contributed by atoms with Crippen LogP contribution in [0.2, 0.25) is 0 Å². The first kappa shape index (κ1) is 21.5. The van der Waals surface area contributed by atoms with Gasteiger partial charge in [-0.1, -0.05) is 18.6 Å². The van der Waals surface area contributed by atoms with Crippen molar-refractivity contribution < 1.29 is 18.7 Å². The van der Waals surface area contributed by atoms with Gasteiger partial charge in [0.2, 0.25) is 0 Å². The average molecular weight is 438 g/mol. The van der Waals surface area contributed by atoms with E-state index in [4.69, 9.17) is 4.74 Å². The van der Waals surface area contributed by atoms with E-state index in [1.165, 1.54) is 37.3 Å². The summed E-state index contributed by atoms with van der Waals surface area (Å²) in [5.74, 6) is -1.15. The Hall–Kier alpha value is -3.75. The number of amides is 2. The molecule has 1 aliphatic heterocycles. The second kappa shape index (κ2) is 9.17. The molecule has 2 heterocycles. The minimum atomic E-state index is -1.04. The first-order chi connectivity index (χ1) is 15.4. The highest BCUT2D eigenvalue weighted by molar-refractivity contribution is 5.98. The van der Waals surface area contributed by atoms with Crippen molar-refractivity contribution >= 4 is 22.7 Å². The van der Waals surface area contributed by atoms with Crippen LogP contribution in [0.15, 0.2) is 47.3 Å². The number of hydrogen-bond acceptors (Lipinski definition) is 5. The second-order valence-corrected chi connectivity index (χ2v) is 7.66. The number of para-hydroxylation sites is 1. The number of carbonyl (C=O) groups is 2. The van der Waals surface area contributed by atoms with E-state index in [-0.39, 0.29) is 16.9 Å². The van der Waals surface area contributed by atoms with Crippen LogP contribution in [-0.2, 0) is 17.8 Å². The molecule has 0 fully saturated rings. The third kappa shape index (κ3) is 4.46. The summed E-state index contributed by atoms with van der Waals surface area (Å²) in [6.45, 7) is 2.09. The smallest absolute Gasteiger partial charge is 0.279 e. The monoisotopic (exact) mass is 438 g/mol. The summed E-state index contributed by atoms with van der Waals surface area (Å²) in [6.07, 6.45) is 2.64. The summed E-state index contributed by atoms with van der Waals surface area (Å²) in [6, 6.07) is 10.3. The van der Waals surface area contributed by atoms with Gasteiger partial charge < -0.3 is 4.74 Å². The van der Waals surface area contributed by atoms with Gasteiger partial charge in [-0.2, -0.15) is 0 Å². The molecule has 1 atom stereocenters. The predicted molar refractivity (Wildman–Crippen MR) is 116 cm³/mol. The van der Waals surface area contributed by atoms with E-state index < -0.39 is 23.7 Å². The minimum absolute atomic E-state index is 0.0625. The third-order valence-electron chi connectivity index (χ3n) is 5.39. The van der Waals surface area contributed by atoms with E-state index >= 15 is 0 Å². The second-order valence-electron chi connectivity index (χ2n) is 7.66. The van der Waals surface area contributed by atoms with Crippen molar-refractivity contribution in [2.45, 2.75) is 45.3 Å². The molecule has 2 amide bonds. The number of aryl methyl sites for hydroxylation is 1. The Morgan fingerprint density at radius 3 is 2.75 bits per heavy atom. The van der Waals surface area contributed by atoms with Gasteiger partial charge in [0.05, 0.1) is 10.9 Å². The first-order valence-electron chi connectivity index (χ1n) is 10.5. The Bertz CT molecular complexity index is 1240. The standard InChI is InChI=1S/C23H23FN4O4/c1-14(32-19-8-5-4-7-17(19)24)21(29)26-27-22(30)15-10-11-16-18(13-15)25-20-9-3-2-6-12-28(20)23(16)31/h4-5,7-8,10-11,13-14H,2-3,6,9,12H2,1H3,(H,26,29)(H,27,30). The molecule has 9 heteroatoms. The lowest BCUT2D eigenvalue weighted by molar-refractivity contribution is -0.128. The maximum Gasteiger partial charge on any atom is 0.279 e. The van der Waals surface area contributed by atoms with E-state index in [9.17, 15) is 18.8 Å². The van der Waals surface area contributed by atoms with Crippen molar-refractivity contribution in [1.82, 2.24) is 20.4 Å². The zero-order valence-electron chi connectivity index (χ0n) is 17.6. The molecule has 8 nitrogen and oxygen atoms in total. The van der Waals surface area contributed by atoms with Gasteiger partial charge in [-0.15, -0.1) is 0 Å². The highest BCUT2D eigenvalue weighted by Gasteiger charge is 2.19. The predicted octanol–water partition coefficient (Wildman–Crippen LogP) is 2.49. The summed E-state index contributed by atoms with van der Waals surface area (Å²) >= 11 is 0. The number of benzene rings is 2. The van der Waals surface area contributed by atoms with Crippen molar-refractivity contribution in [2.75, 3.05) is 0 Å². The summed E-state index contributed by atoms with van der Waals surface area (Å²) in [5, 5.41) is 0.447. The van der Waals surface area contributed by atoms with Gasteiger partial charge in [-0.05, 0) is 50.1 Å². The Morgan fingerprint density at radius 2 is 1.94 bits per heavy atom. The molecular formula is C23H23FN4O4. The molecule has 0 radical (unpaired) electrons. The number of aromatic nitrogens is 2. The van der Waals surface area contributed by atoms with Gasteiger partial charge in [0.25, 0.3) is 17.4 Å². The Balaban J connectivity index is 1.45. The topological polar surface area (TPSA) is 102 Å². The molecule has 1 unspecified atom stereocenters. The lowest BCUT2D eigenvalue weighted by Crippen LogP contribution is -2.47. The van der Waals surface area contributed by atoms with Crippen LogP contribution in [0, 0.1) is 5.82 Å². The van der Waals surface area contributed by atoms with Gasteiger partial charge in [-0.25, -0.2) is 9.37 Å². The number of ether oxygens (including phenoxy) is 1. The molecular weight excluding hydrogens is 415 g/mol. The number of fused-ring (bicyclic) bond motifs is 2. The number of hydrogen-bond donors (Lipinski definition) is 2. The molecule has 3 aromatic rings. The first-order valence-corrected chi connectivity index (χ1v) is 10.5. The third-order valence-corrected chi connectivity index (χ3v) is 5.39. The van der Waals surface area contributed by atoms with Gasteiger partial charge in [-0.3, -0.25) is 29.8 Å². The SMILES string of the molecule is CC(Oc1ccccc1F)C(=O)NNC(=O)c1ccc2c(=O)n3c(nc2c1)CCCCC3. The van der Waals surface area contributed by atoms with Crippen molar-refractivity contribution in [3.05, 3.63) is 70.0 Å². The lowest BCUT2D eigenvalue weighted by atomic mass is 10.1. The molecule has 166 valence electrons. The van der Waals surface area contributed by atoms with E-state index in [0.717, 1.165) is 31.5 Å². The van der Waals surface area contributed by atoms with Crippen LogP contribution in [-0.4, -0.2) is 27.5 Å². The van der Waals surface area contributed by atoms with Crippen LogP contribution in [0.4, 0.5) is 4.39 Å². The lowest BCUT2D eigenvalue weighted by Gasteiger charge is -2.15. The van der Waals surface area contributed by atoms with Crippen LogP contribution in [0.1, 0.15) is 42.4 Å². The van der Waals surface area contributed by atoms with E-state index in [2.05, 4.69) is 15.8 Å². The largest absolute Gasteiger partial charge is 0.478 e. The maximum atomic E-state index is 13.7. The highest BCUT2D eigenvalue weighted by atomic mass is 19.1. The van der Waals surface area contributed by atoms with E-state index in [1.807, 2.05) is 0 Å². The molecule has 1 aromatic heterocycles. The average Bonchev–Trinajstić information content (AvgIpc) is 3.04. The molecule has 4 rings (SSSR count). The maximum absolute atomic E-state index is 13.7. The molecule has 2 N–H and O–H groups in total. The molecule has 0 saturated carbocycles. The molecule has 2 aromatic carbocycles. The zero-order chi connectivity index (χ0) is 22.7. The summed E-state index contributed by atoms with van der Waals surface area (Å²) < 4.78 is 20.7. The summed E-state index contributed by atoms with van der Waals surface area (Å²) in [4.78, 5) is 42.1. The van der Waals surface area contributed by atoms with Gasteiger partial charge in [0.15, 0.2) is 17.7 Å². The van der Waals surface area contributed by atoms with Crippen molar-refractivity contribution in [1.29, 1.82) is 0 Å². The van der Waals surface area contributed by atoms with E-state index in [0.29, 0.717) is 17.4 Å². The fourth-order valence-electron chi connectivity index (χ4n) is 3.64. The van der Waals surface area contributed by atoms with Crippen molar-refractivity contribution in [3.8, 4) is 5.75 Å². The van der Waals surface area contributed by atoms with Crippen molar-refractivity contribution in [3.63, 3.8) is 0 Å². The Labute approximate surface area is 183 Å². The molecule has 0 bridgehead atoms. The van der Waals surface area contributed by atoms with Gasteiger partial charge >= 0.3 is 0 Å². The fourth-order valence-corrected chi connectivity index (χ4v) is 3.64. The van der Waals surface area contributed by atoms with Crippen molar-refractivity contribution in [2.24, 2.45) is 0 Å². The van der Waals surface area contributed by atoms with Crippen LogP contribution < -0.4 is 21.1 Å². The number of carbonyl (C=O) groups excluding carboxylic acids is 2. The quantitative estimate of drug-likeness (QED) is 0.610. The molecule has 32 heavy (non-hydrogen) atoms. The zero-order valence-corrected chi connectivity index (χ0v) is 17.6. The van der Waals surface area contributed by atoms with Gasteiger partial charge in [0, 0.05) is 18.5 Å². The number of nitrogens with one attached hydrogen (secondary N) is 2. The van der Waals surface area contributed by atoms with Crippen LogP contribution in [0.3, 0.4) is 0 Å². The number of hydrazine groups is 1. The Morgan fingerprint density at radius 1 is 1.12 bits per heavy atom. The molecule has 0 saturated heterocycles. The van der Waals surface area contributed by atoms with Gasteiger partial charge in [0.1, 0.15) is 5.82 Å². The molecule has 0 aliphatic carbocycles. The van der Waals surface area contributed by atoms with Crippen LogP contribution >= 0.6 is 0 Å². The number of halogens is 1. The van der Waals surface area contributed by atoms with Crippen LogP contribution in [0.5, 0.6) is 5.75 Å². The minimum Gasteiger partial charge on any atom is -0.478 e. The molecule has 0 spiro atoms. The van der Waals surface area contributed by atoms with E-state index in [1.54, 1.807) is 16.7 Å². The summed E-state index contributed by atoms with van der Waals surface area (Å²) in [7, 11) is 0. The van der Waals surface area contributed by atoms with Crippen LogP contribution in [0.25, 0.3) is 10.9 Å². The molecule has 1 aliphatic rings. The fraction of sp³-hybridized carbons (Fsp3) is 0.304.